The number of hydrogen-bond donors (Lipinski definition) is 2. The van der Waals surface area contributed by atoms with E-state index < -0.39 is 0 Å². The predicted octanol–water partition coefficient (Wildman–Crippen LogP) is 2.17. The first-order valence-corrected chi connectivity index (χ1v) is 5.69. The largest absolute Gasteiger partial charge is 0.399 e. The Morgan fingerprint density at radius 1 is 1.44 bits per heavy atom. The summed E-state index contributed by atoms with van der Waals surface area (Å²) in [4.78, 5) is 12.5. The van der Waals surface area contributed by atoms with Crippen molar-refractivity contribution in [3.8, 4) is 0 Å². The van der Waals surface area contributed by atoms with Gasteiger partial charge in [-0.2, -0.15) is 0 Å². The number of carbonyl (C=O) groups is 1. The first kappa shape index (κ1) is 12.6. The van der Waals surface area contributed by atoms with Gasteiger partial charge in [-0.25, -0.2) is 0 Å². The molecule has 0 fully saturated rings. The smallest absolute Gasteiger partial charge is 0.163 e. The lowest BCUT2D eigenvalue weighted by Crippen LogP contribution is -2.21. The molecule has 0 saturated carbocycles. The summed E-state index contributed by atoms with van der Waals surface area (Å²) in [6, 6.07) is 7.01. The fraction of sp³-hybridized carbons (Fsp3) is 0.333. The SMILES string of the molecule is CCNC(=S)CCC(=O)c1cccc(N)c1. The van der Waals surface area contributed by atoms with Gasteiger partial charge in [0.25, 0.3) is 0 Å². The van der Waals surface area contributed by atoms with E-state index in [1.807, 2.05) is 6.92 Å². The molecule has 0 aliphatic rings. The summed E-state index contributed by atoms with van der Waals surface area (Å²) >= 11 is 5.06. The highest BCUT2D eigenvalue weighted by molar-refractivity contribution is 7.80. The van der Waals surface area contributed by atoms with E-state index in [4.69, 9.17) is 18.0 Å². The lowest BCUT2D eigenvalue weighted by Gasteiger charge is -2.05. The Hall–Kier alpha value is -1.42. The minimum absolute atomic E-state index is 0.0764. The van der Waals surface area contributed by atoms with Crippen molar-refractivity contribution in [2.75, 3.05) is 12.3 Å². The van der Waals surface area contributed by atoms with Crippen molar-refractivity contribution < 1.29 is 4.79 Å². The fourth-order valence-electron chi connectivity index (χ4n) is 1.37. The van der Waals surface area contributed by atoms with Gasteiger partial charge in [-0.05, 0) is 19.1 Å². The van der Waals surface area contributed by atoms with Crippen LogP contribution >= 0.6 is 12.2 Å². The fourth-order valence-corrected chi connectivity index (χ4v) is 1.62. The van der Waals surface area contributed by atoms with Crippen molar-refractivity contribution in [3.05, 3.63) is 29.8 Å². The van der Waals surface area contributed by atoms with E-state index >= 15 is 0 Å². The van der Waals surface area contributed by atoms with E-state index in [1.54, 1.807) is 24.3 Å². The molecule has 0 aromatic heterocycles. The number of thiocarbonyl (C=S) groups is 1. The molecule has 0 unspecified atom stereocenters. The van der Waals surface area contributed by atoms with Gasteiger partial charge >= 0.3 is 0 Å². The maximum Gasteiger partial charge on any atom is 0.163 e. The highest BCUT2D eigenvalue weighted by Gasteiger charge is 2.06. The number of rotatable bonds is 5. The zero-order chi connectivity index (χ0) is 12.0. The Morgan fingerprint density at radius 2 is 2.19 bits per heavy atom. The Labute approximate surface area is 101 Å². The van der Waals surface area contributed by atoms with Crippen LogP contribution in [-0.4, -0.2) is 17.3 Å². The predicted molar refractivity (Wildman–Crippen MR) is 70.7 cm³/mol. The third kappa shape index (κ3) is 3.98. The molecular formula is C12H16N2OS. The standard InChI is InChI=1S/C12H16N2OS/c1-2-14-12(16)7-6-11(15)9-4-3-5-10(13)8-9/h3-5,8H,2,6-7,13H2,1H3,(H,14,16). The molecule has 0 amide bonds. The van der Waals surface area contributed by atoms with Crippen molar-refractivity contribution in [2.24, 2.45) is 0 Å². The van der Waals surface area contributed by atoms with E-state index in [0.29, 0.717) is 24.1 Å². The van der Waals surface area contributed by atoms with Crippen LogP contribution in [0.25, 0.3) is 0 Å². The second-order valence-electron chi connectivity index (χ2n) is 3.50. The average Bonchev–Trinajstić information content (AvgIpc) is 2.26. The Morgan fingerprint density at radius 3 is 2.81 bits per heavy atom. The third-order valence-electron chi connectivity index (χ3n) is 2.16. The van der Waals surface area contributed by atoms with Crippen LogP contribution in [0.1, 0.15) is 30.1 Å². The molecule has 0 aliphatic heterocycles. The zero-order valence-corrected chi connectivity index (χ0v) is 10.1. The van der Waals surface area contributed by atoms with Crippen LogP contribution in [0.3, 0.4) is 0 Å². The molecule has 86 valence electrons. The topological polar surface area (TPSA) is 55.1 Å². The first-order chi connectivity index (χ1) is 7.63. The molecule has 0 saturated heterocycles. The molecule has 3 N–H and O–H groups in total. The number of benzene rings is 1. The molecule has 1 aromatic rings. The summed E-state index contributed by atoms with van der Waals surface area (Å²) in [5.41, 5.74) is 6.87. The first-order valence-electron chi connectivity index (χ1n) is 5.29. The van der Waals surface area contributed by atoms with Gasteiger partial charge < -0.3 is 11.1 Å². The maximum absolute atomic E-state index is 11.8. The summed E-state index contributed by atoms with van der Waals surface area (Å²) in [7, 11) is 0. The Kier molecular flexibility index (Phi) is 4.92. The molecular weight excluding hydrogens is 220 g/mol. The van der Waals surface area contributed by atoms with Gasteiger partial charge in [0, 0.05) is 30.6 Å². The number of anilines is 1. The number of hydrogen-bond acceptors (Lipinski definition) is 3. The Balaban J connectivity index is 2.50. The molecule has 0 aliphatic carbocycles. The summed E-state index contributed by atoms with van der Waals surface area (Å²) in [5, 5.41) is 3.02. The van der Waals surface area contributed by atoms with E-state index in [2.05, 4.69) is 5.32 Å². The van der Waals surface area contributed by atoms with E-state index in [-0.39, 0.29) is 5.78 Å². The second kappa shape index (κ2) is 6.23. The van der Waals surface area contributed by atoms with Crippen molar-refractivity contribution in [2.45, 2.75) is 19.8 Å². The van der Waals surface area contributed by atoms with Gasteiger partial charge in [0.2, 0.25) is 0 Å². The molecule has 1 rings (SSSR count). The van der Waals surface area contributed by atoms with Crippen LogP contribution in [0.4, 0.5) is 5.69 Å². The van der Waals surface area contributed by atoms with Gasteiger partial charge in [-0.1, -0.05) is 24.4 Å². The van der Waals surface area contributed by atoms with Crippen molar-refractivity contribution >= 4 is 28.7 Å². The molecule has 0 bridgehead atoms. The van der Waals surface area contributed by atoms with Gasteiger partial charge in [0.15, 0.2) is 5.78 Å². The number of nitrogens with two attached hydrogens (primary N) is 1. The number of nitrogens with one attached hydrogen (secondary N) is 1. The second-order valence-corrected chi connectivity index (χ2v) is 3.99. The van der Waals surface area contributed by atoms with Gasteiger partial charge in [-0.3, -0.25) is 4.79 Å². The van der Waals surface area contributed by atoms with Crippen LogP contribution in [0.5, 0.6) is 0 Å². The summed E-state index contributed by atoms with van der Waals surface area (Å²) in [6.07, 6.45) is 1.02. The molecule has 0 heterocycles. The Bertz CT molecular complexity index is 390. The van der Waals surface area contributed by atoms with Crippen molar-refractivity contribution in [1.29, 1.82) is 0 Å². The zero-order valence-electron chi connectivity index (χ0n) is 9.32. The molecule has 0 atom stereocenters. The average molecular weight is 236 g/mol. The van der Waals surface area contributed by atoms with Crippen LogP contribution in [0.2, 0.25) is 0 Å². The van der Waals surface area contributed by atoms with Crippen LogP contribution in [-0.2, 0) is 0 Å². The molecule has 16 heavy (non-hydrogen) atoms. The number of Topliss-reactive ketones (excluding diaryl/α,β-unsaturated/α-hetero) is 1. The van der Waals surface area contributed by atoms with E-state index in [0.717, 1.165) is 11.5 Å². The van der Waals surface area contributed by atoms with Gasteiger partial charge in [0.1, 0.15) is 0 Å². The van der Waals surface area contributed by atoms with Crippen LogP contribution in [0.15, 0.2) is 24.3 Å². The minimum Gasteiger partial charge on any atom is -0.399 e. The van der Waals surface area contributed by atoms with Gasteiger partial charge in [0.05, 0.1) is 4.99 Å². The minimum atomic E-state index is 0.0764. The number of nitrogen functional groups attached to an aromatic ring is 1. The number of carbonyl (C=O) groups excluding carboxylic acids is 1. The quantitative estimate of drug-likeness (QED) is 0.467. The molecule has 1 aromatic carbocycles. The highest BCUT2D eigenvalue weighted by atomic mass is 32.1. The summed E-state index contributed by atoms with van der Waals surface area (Å²) in [5.74, 6) is 0.0764. The van der Waals surface area contributed by atoms with Crippen molar-refractivity contribution in [1.82, 2.24) is 5.32 Å². The van der Waals surface area contributed by atoms with Crippen molar-refractivity contribution in [3.63, 3.8) is 0 Å². The maximum atomic E-state index is 11.8. The number of ketones is 1. The molecule has 0 spiro atoms. The van der Waals surface area contributed by atoms with E-state index in [1.165, 1.54) is 0 Å². The lowest BCUT2D eigenvalue weighted by molar-refractivity contribution is 0.0985. The highest BCUT2D eigenvalue weighted by Crippen LogP contribution is 2.10. The third-order valence-corrected chi connectivity index (χ3v) is 2.51. The van der Waals surface area contributed by atoms with Crippen LogP contribution < -0.4 is 11.1 Å². The monoisotopic (exact) mass is 236 g/mol. The molecule has 4 heteroatoms. The normalized spacial score (nSPS) is 9.81. The molecule has 3 nitrogen and oxygen atoms in total. The summed E-state index contributed by atoms with van der Waals surface area (Å²) < 4.78 is 0. The van der Waals surface area contributed by atoms with Crippen LogP contribution in [0, 0.1) is 0 Å². The van der Waals surface area contributed by atoms with Gasteiger partial charge in [-0.15, -0.1) is 0 Å². The summed E-state index contributed by atoms with van der Waals surface area (Å²) in [6.45, 7) is 2.78. The van der Waals surface area contributed by atoms with E-state index in [9.17, 15) is 4.79 Å². The molecule has 0 radical (unpaired) electrons. The lowest BCUT2D eigenvalue weighted by atomic mass is 10.1.